The van der Waals surface area contributed by atoms with E-state index < -0.39 is 23.5 Å². The van der Waals surface area contributed by atoms with Crippen molar-refractivity contribution in [2.45, 2.75) is 18.9 Å². The summed E-state index contributed by atoms with van der Waals surface area (Å²) in [4.78, 5) is 6.54. The fourth-order valence-electron chi connectivity index (χ4n) is 4.25. The SMILES string of the molecule is FC(F)(F)c1cc(Cn2nnc(C3=NCCN3c3ccccc3)c2-c2ccccc2)cc(C(F)(F)F)c1. The van der Waals surface area contributed by atoms with Crippen molar-refractivity contribution in [3.05, 3.63) is 101 Å². The molecular weight excluding hydrogens is 496 g/mol. The van der Waals surface area contributed by atoms with Crippen LogP contribution in [-0.2, 0) is 18.9 Å². The number of anilines is 1. The third-order valence-electron chi connectivity index (χ3n) is 5.88. The summed E-state index contributed by atoms with van der Waals surface area (Å²) in [6.45, 7) is 0.722. The lowest BCUT2D eigenvalue weighted by Gasteiger charge is -2.20. The zero-order chi connectivity index (χ0) is 26.2. The molecule has 0 saturated carbocycles. The second-order valence-electron chi connectivity index (χ2n) is 8.42. The molecule has 1 aromatic heterocycles. The molecule has 1 aliphatic rings. The topological polar surface area (TPSA) is 46.3 Å². The molecule has 190 valence electrons. The van der Waals surface area contributed by atoms with E-state index in [9.17, 15) is 26.3 Å². The van der Waals surface area contributed by atoms with Crippen molar-refractivity contribution in [1.82, 2.24) is 15.0 Å². The van der Waals surface area contributed by atoms with Crippen LogP contribution in [0.5, 0.6) is 0 Å². The maximum Gasteiger partial charge on any atom is 0.416 e. The number of hydrogen-bond acceptors (Lipinski definition) is 4. The van der Waals surface area contributed by atoms with Gasteiger partial charge in [0.25, 0.3) is 0 Å². The zero-order valence-corrected chi connectivity index (χ0v) is 19.1. The van der Waals surface area contributed by atoms with Crippen molar-refractivity contribution >= 4 is 11.5 Å². The van der Waals surface area contributed by atoms with Gasteiger partial charge in [0.15, 0.2) is 11.5 Å². The van der Waals surface area contributed by atoms with Crippen LogP contribution >= 0.6 is 0 Å². The van der Waals surface area contributed by atoms with Crippen molar-refractivity contribution in [3.63, 3.8) is 0 Å². The van der Waals surface area contributed by atoms with Crippen molar-refractivity contribution in [3.8, 4) is 11.3 Å². The van der Waals surface area contributed by atoms with Crippen molar-refractivity contribution in [2.24, 2.45) is 4.99 Å². The van der Waals surface area contributed by atoms with Crippen molar-refractivity contribution in [2.75, 3.05) is 18.0 Å². The molecule has 4 aromatic rings. The Morgan fingerprint density at radius 3 is 1.95 bits per heavy atom. The van der Waals surface area contributed by atoms with Gasteiger partial charge < -0.3 is 4.90 Å². The number of hydrogen-bond donors (Lipinski definition) is 0. The molecule has 0 bridgehead atoms. The molecule has 2 heterocycles. The lowest BCUT2D eigenvalue weighted by Crippen LogP contribution is -2.29. The van der Waals surface area contributed by atoms with Gasteiger partial charge >= 0.3 is 12.4 Å². The largest absolute Gasteiger partial charge is 0.416 e. The lowest BCUT2D eigenvalue weighted by atomic mass is 10.0. The minimum absolute atomic E-state index is 0.110. The number of nitrogens with zero attached hydrogens (tertiary/aromatic N) is 5. The average molecular weight is 515 g/mol. The van der Waals surface area contributed by atoms with E-state index in [0.29, 0.717) is 48.0 Å². The number of para-hydroxylation sites is 1. The van der Waals surface area contributed by atoms with Gasteiger partial charge in [0, 0.05) is 17.8 Å². The van der Waals surface area contributed by atoms with Crippen LogP contribution in [0.15, 0.2) is 83.9 Å². The molecule has 37 heavy (non-hydrogen) atoms. The van der Waals surface area contributed by atoms with Gasteiger partial charge in [-0.15, -0.1) is 5.10 Å². The quantitative estimate of drug-likeness (QED) is 0.293. The third kappa shape index (κ3) is 5.07. The molecule has 0 spiro atoms. The Morgan fingerprint density at radius 1 is 0.757 bits per heavy atom. The highest BCUT2D eigenvalue weighted by molar-refractivity contribution is 6.12. The molecule has 11 heteroatoms. The van der Waals surface area contributed by atoms with E-state index in [2.05, 4.69) is 15.3 Å². The number of benzene rings is 3. The minimum atomic E-state index is -4.94. The summed E-state index contributed by atoms with van der Waals surface area (Å²) in [6, 6.07) is 19.9. The number of aliphatic imine (C=N–C) groups is 1. The van der Waals surface area contributed by atoms with Gasteiger partial charge in [0.2, 0.25) is 0 Å². The summed E-state index contributed by atoms with van der Waals surface area (Å²) >= 11 is 0. The number of alkyl halides is 6. The zero-order valence-electron chi connectivity index (χ0n) is 19.1. The molecule has 0 saturated heterocycles. The first-order valence-corrected chi connectivity index (χ1v) is 11.3. The van der Waals surface area contributed by atoms with Gasteiger partial charge in [-0.1, -0.05) is 53.7 Å². The molecule has 5 rings (SSSR count). The highest BCUT2D eigenvalue weighted by atomic mass is 19.4. The van der Waals surface area contributed by atoms with E-state index in [1.54, 1.807) is 30.3 Å². The molecule has 0 unspecified atom stereocenters. The monoisotopic (exact) mass is 515 g/mol. The molecule has 0 amide bonds. The lowest BCUT2D eigenvalue weighted by molar-refractivity contribution is -0.143. The highest BCUT2D eigenvalue weighted by Crippen LogP contribution is 2.37. The second kappa shape index (κ2) is 9.38. The summed E-state index contributed by atoms with van der Waals surface area (Å²) in [5, 5.41) is 8.43. The van der Waals surface area contributed by atoms with E-state index >= 15 is 0 Å². The van der Waals surface area contributed by atoms with Crippen LogP contribution in [0.25, 0.3) is 11.3 Å². The Labute approximate surface area is 207 Å². The molecule has 0 aliphatic carbocycles. The van der Waals surface area contributed by atoms with Crippen LogP contribution in [0.1, 0.15) is 22.4 Å². The first-order valence-electron chi connectivity index (χ1n) is 11.3. The fourth-order valence-corrected chi connectivity index (χ4v) is 4.25. The van der Waals surface area contributed by atoms with Gasteiger partial charge in [-0.3, -0.25) is 4.99 Å². The summed E-state index contributed by atoms with van der Waals surface area (Å²) in [6.07, 6.45) is -9.89. The fraction of sp³-hybridized carbons (Fsp3) is 0.192. The van der Waals surface area contributed by atoms with E-state index in [0.717, 1.165) is 5.69 Å². The predicted octanol–water partition coefficient (Wildman–Crippen LogP) is 6.30. The Bertz CT molecular complexity index is 1390. The van der Waals surface area contributed by atoms with Crippen LogP contribution in [-0.4, -0.2) is 33.9 Å². The van der Waals surface area contributed by atoms with Crippen LogP contribution in [0.2, 0.25) is 0 Å². The molecule has 0 fully saturated rings. The van der Waals surface area contributed by atoms with Gasteiger partial charge in [0.05, 0.1) is 24.2 Å². The van der Waals surface area contributed by atoms with E-state index in [-0.39, 0.29) is 18.2 Å². The van der Waals surface area contributed by atoms with E-state index in [1.165, 1.54) is 4.68 Å². The Morgan fingerprint density at radius 2 is 1.35 bits per heavy atom. The van der Waals surface area contributed by atoms with Gasteiger partial charge in [0.1, 0.15) is 5.69 Å². The maximum atomic E-state index is 13.4. The standard InChI is InChI=1S/C26H19F6N5/c27-25(28,29)19-13-17(14-20(15-19)26(30,31)32)16-37-23(18-7-3-1-4-8-18)22(34-35-37)24-33-11-12-36(24)21-9-5-2-6-10-21/h1-10,13-15H,11-12,16H2. The molecule has 3 aromatic carbocycles. The molecule has 1 aliphatic heterocycles. The summed E-state index contributed by atoms with van der Waals surface area (Å²) in [5.74, 6) is 0.524. The molecule has 0 radical (unpaired) electrons. The van der Waals surface area contributed by atoms with Crippen LogP contribution < -0.4 is 4.90 Å². The van der Waals surface area contributed by atoms with Gasteiger partial charge in [-0.05, 0) is 35.9 Å². The first kappa shape index (κ1) is 24.5. The van der Waals surface area contributed by atoms with Crippen LogP contribution in [0.3, 0.4) is 0 Å². The average Bonchev–Trinajstić information content (AvgIpc) is 3.51. The number of halogens is 6. The van der Waals surface area contributed by atoms with Crippen molar-refractivity contribution < 1.29 is 26.3 Å². The number of aromatic nitrogens is 3. The third-order valence-corrected chi connectivity index (χ3v) is 5.88. The van der Waals surface area contributed by atoms with Crippen LogP contribution in [0.4, 0.5) is 32.0 Å². The van der Waals surface area contributed by atoms with E-state index in [4.69, 9.17) is 0 Å². The second-order valence-corrected chi connectivity index (χ2v) is 8.42. The molecular formula is C26H19F6N5. The van der Waals surface area contributed by atoms with E-state index in [1.807, 2.05) is 35.2 Å². The Kier molecular flexibility index (Phi) is 6.22. The number of amidine groups is 1. The predicted molar refractivity (Wildman–Crippen MR) is 126 cm³/mol. The first-order chi connectivity index (χ1) is 17.6. The highest BCUT2D eigenvalue weighted by Gasteiger charge is 2.37. The summed E-state index contributed by atoms with van der Waals surface area (Å²) in [5.41, 5.74) is -0.621. The Balaban J connectivity index is 1.61. The van der Waals surface area contributed by atoms with Gasteiger partial charge in [-0.2, -0.15) is 26.3 Å². The molecule has 0 atom stereocenters. The van der Waals surface area contributed by atoms with Crippen molar-refractivity contribution in [1.29, 1.82) is 0 Å². The minimum Gasteiger partial charge on any atom is -0.323 e. The number of rotatable bonds is 5. The Hall–Kier alpha value is -4.15. The molecule has 0 N–H and O–H groups in total. The summed E-state index contributed by atoms with van der Waals surface area (Å²) in [7, 11) is 0. The normalized spacial score (nSPS) is 14.2. The van der Waals surface area contributed by atoms with Crippen LogP contribution in [0, 0.1) is 0 Å². The molecule has 5 nitrogen and oxygen atoms in total. The summed E-state index contributed by atoms with van der Waals surface area (Å²) < 4.78 is 81.8. The smallest absolute Gasteiger partial charge is 0.323 e. The maximum absolute atomic E-state index is 13.4. The van der Waals surface area contributed by atoms with Gasteiger partial charge in [-0.25, -0.2) is 4.68 Å².